The molecule has 4 nitrogen and oxygen atoms in total. The first kappa shape index (κ1) is 17.7. The van der Waals surface area contributed by atoms with Crippen LogP contribution in [0.3, 0.4) is 0 Å². The molecule has 2 rings (SSSR count). The molecule has 1 atom stereocenters. The van der Waals surface area contributed by atoms with Gasteiger partial charge in [0.2, 0.25) is 5.91 Å². The maximum absolute atomic E-state index is 12.0. The van der Waals surface area contributed by atoms with Gasteiger partial charge >= 0.3 is 0 Å². The molecule has 0 saturated carbocycles. The van der Waals surface area contributed by atoms with E-state index in [0.29, 0.717) is 0 Å². The molecule has 1 aromatic rings. The van der Waals surface area contributed by atoms with Crippen molar-refractivity contribution in [2.75, 3.05) is 39.3 Å². The van der Waals surface area contributed by atoms with Crippen LogP contribution in [0.1, 0.15) is 25.8 Å². The van der Waals surface area contributed by atoms with Crippen molar-refractivity contribution in [1.82, 2.24) is 15.1 Å². The highest BCUT2D eigenvalue weighted by Crippen LogP contribution is 2.07. The second-order valence-corrected chi connectivity index (χ2v) is 6.12. The molecule has 1 amide bonds. The van der Waals surface area contributed by atoms with Crippen molar-refractivity contribution in [3.63, 3.8) is 0 Å². The number of hydrogen-bond acceptors (Lipinski definition) is 3. The summed E-state index contributed by atoms with van der Waals surface area (Å²) in [6.45, 7) is 9.78. The van der Waals surface area contributed by atoms with Crippen LogP contribution in [0.25, 0.3) is 6.08 Å². The van der Waals surface area contributed by atoms with Crippen molar-refractivity contribution in [2.45, 2.75) is 26.3 Å². The molecule has 0 unspecified atom stereocenters. The van der Waals surface area contributed by atoms with Crippen LogP contribution in [0.5, 0.6) is 0 Å². The lowest BCUT2D eigenvalue weighted by Crippen LogP contribution is -2.53. The van der Waals surface area contributed by atoms with Crippen LogP contribution < -0.4 is 5.32 Å². The van der Waals surface area contributed by atoms with E-state index in [9.17, 15) is 4.79 Å². The molecule has 0 spiro atoms. The van der Waals surface area contributed by atoms with Gasteiger partial charge in [0.05, 0.1) is 6.04 Å². The number of carbonyl (C=O) groups excluding carboxylic acids is 1. The molecule has 126 valence electrons. The Kier molecular flexibility index (Phi) is 7.30. The Hall–Kier alpha value is -1.65. The number of benzene rings is 1. The quantitative estimate of drug-likeness (QED) is 0.838. The van der Waals surface area contributed by atoms with Crippen LogP contribution in [0.15, 0.2) is 36.4 Å². The summed E-state index contributed by atoms with van der Waals surface area (Å²) in [5.41, 5.74) is 1.24. The highest BCUT2D eigenvalue weighted by atomic mass is 16.2. The number of piperazine rings is 1. The van der Waals surface area contributed by atoms with E-state index < -0.39 is 0 Å². The molecule has 0 aromatic heterocycles. The van der Waals surface area contributed by atoms with E-state index in [2.05, 4.69) is 58.5 Å². The number of carbonyl (C=O) groups is 1. The molecular weight excluding hydrogens is 286 g/mol. The summed E-state index contributed by atoms with van der Waals surface area (Å²) in [6.07, 6.45) is 5.38. The van der Waals surface area contributed by atoms with Crippen molar-refractivity contribution < 1.29 is 4.79 Å². The number of rotatable bonds is 7. The first-order valence-electron chi connectivity index (χ1n) is 8.66. The van der Waals surface area contributed by atoms with Crippen molar-refractivity contribution in [2.24, 2.45) is 0 Å². The molecule has 1 saturated heterocycles. The smallest absolute Gasteiger partial charge is 0.237 e. The van der Waals surface area contributed by atoms with E-state index >= 15 is 0 Å². The van der Waals surface area contributed by atoms with Crippen LogP contribution in [-0.4, -0.2) is 61.0 Å². The fourth-order valence-electron chi connectivity index (χ4n) is 2.80. The average Bonchev–Trinajstić information content (AvgIpc) is 2.60. The molecule has 1 N–H and O–H groups in total. The van der Waals surface area contributed by atoms with E-state index in [-0.39, 0.29) is 11.9 Å². The zero-order valence-electron chi connectivity index (χ0n) is 14.4. The number of amides is 1. The van der Waals surface area contributed by atoms with Crippen molar-refractivity contribution in [3.05, 3.63) is 42.0 Å². The van der Waals surface area contributed by atoms with Gasteiger partial charge in [0, 0.05) is 39.3 Å². The second-order valence-electron chi connectivity index (χ2n) is 6.12. The summed E-state index contributed by atoms with van der Waals surface area (Å²) < 4.78 is 0. The number of hydrogen-bond donors (Lipinski definition) is 1. The van der Waals surface area contributed by atoms with Gasteiger partial charge in [-0.25, -0.2) is 0 Å². The molecule has 1 aromatic carbocycles. The van der Waals surface area contributed by atoms with Crippen LogP contribution in [-0.2, 0) is 4.79 Å². The molecule has 23 heavy (non-hydrogen) atoms. The Bertz CT molecular complexity index is 493. The Morgan fingerprint density at radius 2 is 1.91 bits per heavy atom. The van der Waals surface area contributed by atoms with Gasteiger partial charge < -0.3 is 5.32 Å². The average molecular weight is 315 g/mol. The normalized spacial score (nSPS) is 18.2. The van der Waals surface area contributed by atoms with E-state index in [4.69, 9.17) is 0 Å². The Morgan fingerprint density at radius 1 is 1.22 bits per heavy atom. The Balaban J connectivity index is 1.71. The fraction of sp³-hybridized carbons (Fsp3) is 0.526. The second kappa shape index (κ2) is 9.48. The van der Waals surface area contributed by atoms with Gasteiger partial charge in [-0.3, -0.25) is 14.6 Å². The third-order valence-electron chi connectivity index (χ3n) is 4.36. The maximum Gasteiger partial charge on any atom is 0.237 e. The van der Waals surface area contributed by atoms with Gasteiger partial charge in [-0.05, 0) is 18.9 Å². The lowest BCUT2D eigenvalue weighted by Gasteiger charge is -2.37. The highest BCUT2D eigenvalue weighted by Gasteiger charge is 2.24. The largest absolute Gasteiger partial charge is 0.355 e. The van der Waals surface area contributed by atoms with E-state index in [1.54, 1.807) is 0 Å². The minimum atomic E-state index is -0.0245. The lowest BCUT2D eigenvalue weighted by atomic mass is 10.2. The molecule has 0 aliphatic carbocycles. The number of nitrogens with one attached hydrogen (secondary N) is 1. The fourth-order valence-corrected chi connectivity index (χ4v) is 2.80. The minimum Gasteiger partial charge on any atom is -0.355 e. The maximum atomic E-state index is 12.0. The van der Waals surface area contributed by atoms with Crippen LogP contribution in [0, 0.1) is 0 Å². The first-order valence-corrected chi connectivity index (χ1v) is 8.66. The van der Waals surface area contributed by atoms with Crippen LogP contribution in [0.2, 0.25) is 0 Å². The molecule has 1 aliphatic heterocycles. The van der Waals surface area contributed by atoms with Crippen molar-refractivity contribution in [3.8, 4) is 0 Å². The zero-order valence-corrected chi connectivity index (χ0v) is 14.4. The monoisotopic (exact) mass is 315 g/mol. The third-order valence-corrected chi connectivity index (χ3v) is 4.36. The molecule has 1 heterocycles. The molecule has 1 fully saturated rings. The molecule has 4 heteroatoms. The summed E-state index contributed by atoms with van der Waals surface area (Å²) in [4.78, 5) is 16.8. The van der Waals surface area contributed by atoms with Gasteiger partial charge in [0.1, 0.15) is 0 Å². The molecular formula is C19H29N3O. The van der Waals surface area contributed by atoms with Gasteiger partial charge in [0.25, 0.3) is 0 Å². The molecule has 0 bridgehead atoms. The van der Waals surface area contributed by atoms with Crippen LogP contribution >= 0.6 is 0 Å². The third kappa shape index (κ3) is 5.81. The predicted octanol–water partition coefficient (Wildman–Crippen LogP) is 2.23. The Morgan fingerprint density at radius 3 is 2.57 bits per heavy atom. The van der Waals surface area contributed by atoms with Gasteiger partial charge in [-0.15, -0.1) is 0 Å². The predicted molar refractivity (Wildman–Crippen MR) is 96.3 cm³/mol. The van der Waals surface area contributed by atoms with Crippen LogP contribution in [0.4, 0.5) is 0 Å². The van der Waals surface area contributed by atoms with Gasteiger partial charge in [0.15, 0.2) is 0 Å². The summed E-state index contributed by atoms with van der Waals surface area (Å²) in [5, 5.41) is 2.99. The van der Waals surface area contributed by atoms with Gasteiger partial charge in [-0.1, -0.05) is 49.4 Å². The number of nitrogens with zero attached hydrogens (tertiary/aromatic N) is 2. The van der Waals surface area contributed by atoms with E-state index in [1.165, 1.54) is 5.56 Å². The summed E-state index contributed by atoms with van der Waals surface area (Å²) in [6, 6.07) is 10.4. The SMILES string of the molecule is CCCNC(=O)[C@H](C)N1CCN(C/C=C/c2ccccc2)CC1. The molecule has 1 aliphatic rings. The highest BCUT2D eigenvalue weighted by molar-refractivity contribution is 5.81. The Labute approximate surface area is 140 Å². The topological polar surface area (TPSA) is 35.6 Å². The summed E-state index contributed by atoms with van der Waals surface area (Å²) >= 11 is 0. The van der Waals surface area contributed by atoms with Crippen molar-refractivity contribution >= 4 is 12.0 Å². The zero-order chi connectivity index (χ0) is 16.5. The minimum absolute atomic E-state index is 0.0245. The lowest BCUT2D eigenvalue weighted by molar-refractivity contribution is -0.126. The standard InChI is InChI=1S/C19H29N3O/c1-3-11-20-19(23)17(2)22-15-13-21(14-16-22)12-7-10-18-8-5-4-6-9-18/h4-10,17H,3,11-16H2,1-2H3,(H,20,23)/b10-7+/t17-/m0/s1. The summed E-state index contributed by atoms with van der Waals surface area (Å²) in [7, 11) is 0. The van der Waals surface area contributed by atoms with Gasteiger partial charge in [-0.2, -0.15) is 0 Å². The first-order chi connectivity index (χ1) is 11.2. The molecule has 0 radical (unpaired) electrons. The van der Waals surface area contributed by atoms with Crippen molar-refractivity contribution in [1.29, 1.82) is 0 Å². The van der Waals surface area contributed by atoms with E-state index in [0.717, 1.165) is 45.7 Å². The summed E-state index contributed by atoms with van der Waals surface area (Å²) in [5.74, 6) is 0.157. The van der Waals surface area contributed by atoms with E-state index in [1.807, 2.05) is 13.0 Å².